The molecule has 2 aliphatic rings. The molecule has 2 N–H and O–H groups in total. The van der Waals surface area contributed by atoms with Gasteiger partial charge in [0.15, 0.2) is 0 Å². The van der Waals surface area contributed by atoms with Crippen molar-refractivity contribution in [3.63, 3.8) is 0 Å². The van der Waals surface area contributed by atoms with E-state index in [4.69, 9.17) is 5.73 Å². The Hall–Kier alpha value is -0.770. The standard InChI is InChI=1S/C7H12N2O2/c1-11-7(10)9-2-4-5(3-9)6(4)8/h4-6H,2-3,8H2,1H3. The van der Waals surface area contributed by atoms with Crippen molar-refractivity contribution in [2.45, 2.75) is 6.04 Å². The van der Waals surface area contributed by atoms with Crippen LogP contribution >= 0.6 is 0 Å². The molecular formula is C7H12N2O2. The van der Waals surface area contributed by atoms with Crippen LogP contribution in [0.3, 0.4) is 0 Å². The van der Waals surface area contributed by atoms with Crippen LogP contribution in [0.4, 0.5) is 4.79 Å². The number of nitrogens with two attached hydrogens (primary N) is 1. The second-order valence-corrected chi connectivity index (χ2v) is 3.28. The summed E-state index contributed by atoms with van der Waals surface area (Å²) in [5, 5.41) is 0. The summed E-state index contributed by atoms with van der Waals surface area (Å²) in [7, 11) is 1.41. The topological polar surface area (TPSA) is 55.6 Å². The van der Waals surface area contributed by atoms with Gasteiger partial charge in [-0.1, -0.05) is 0 Å². The summed E-state index contributed by atoms with van der Waals surface area (Å²) in [5.41, 5.74) is 5.70. The number of carbonyl (C=O) groups excluding carboxylic acids is 1. The lowest BCUT2D eigenvalue weighted by Gasteiger charge is -2.16. The average molecular weight is 156 g/mol. The third-order valence-electron chi connectivity index (χ3n) is 2.69. The van der Waals surface area contributed by atoms with Crippen molar-refractivity contribution in [3.8, 4) is 0 Å². The van der Waals surface area contributed by atoms with E-state index in [2.05, 4.69) is 4.74 Å². The molecule has 1 aliphatic heterocycles. The van der Waals surface area contributed by atoms with Crippen LogP contribution in [0, 0.1) is 11.8 Å². The Labute approximate surface area is 65.3 Å². The number of hydrogen-bond acceptors (Lipinski definition) is 3. The maximum absolute atomic E-state index is 10.9. The highest BCUT2D eigenvalue weighted by molar-refractivity contribution is 5.68. The molecule has 11 heavy (non-hydrogen) atoms. The number of methoxy groups -OCH3 is 1. The number of piperidine rings is 1. The smallest absolute Gasteiger partial charge is 0.409 e. The number of likely N-dealkylation sites (tertiary alicyclic amines) is 1. The minimum absolute atomic E-state index is 0.218. The van der Waals surface area contributed by atoms with Gasteiger partial charge in [0.2, 0.25) is 0 Å². The van der Waals surface area contributed by atoms with Crippen LogP contribution in [-0.4, -0.2) is 37.2 Å². The lowest BCUT2D eigenvalue weighted by molar-refractivity contribution is 0.128. The normalized spacial score (nSPS) is 40.2. The second-order valence-electron chi connectivity index (χ2n) is 3.28. The number of fused-ring (bicyclic) bond motifs is 1. The van der Waals surface area contributed by atoms with Gasteiger partial charge in [-0.3, -0.25) is 0 Å². The maximum Gasteiger partial charge on any atom is 0.409 e. The first-order valence-electron chi connectivity index (χ1n) is 3.82. The number of rotatable bonds is 0. The van der Waals surface area contributed by atoms with Gasteiger partial charge in [0.05, 0.1) is 7.11 Å². The monoisotopic (exact) mass is 156 g/mol. The van der Waals surface area contributed by atoms with Crippen LogP contribution in [0.15, 0.2) is 0 Å². The van der Waals surface area contributed by atoms with Gasteiger partial charge < -0.3 is 15.4 Å². The molecule has 0 bridgehead atoms. The maximum atomic E-state index is 10.9. The lowest BCUT2D eigenvalue weighted by Crippen LogP contribution is -2.33. The van der Waals surface area contributed by atoms with Crippen molar-refractivity contribution < 1.29 is 9.53 Å². The highest BCUT2D eigenvalue weighted by atomic mass is 16.5. The van der Waals surface area contributed by atoms with Crippen molar-refractivity contribution in [2.75, 3.05) is 20.2 Å². The molecule has 0 aromatic heterocycles. The van der Waals surface area contributed by atoms with E-state index < -0.39 is 0 Å². The first-order valence-corrected chi connectivity index (χ1v) is 3.82. The third kappa shape index (κ3) is 0.894. The summed E-state index contributed by atoms with van der Waals surface area (Å²) in [5.74, 6) is 1.10. The van der Waals surface area contributed by atoms with Gasteiger partial charge in [-0.25, -0.2) is 4.79 Å². The summed E-state index contributed by atoms with van der Waals surface area (Å²) in [6.07, 6.45) is -0.218. The van der Waals surface area contributed by atoms with Crippen molar-refractivity contribution in [3.05, 3.63) is 0 Å². The van der Waals surface area contributed by atoms with E-state index >= 15 is 0 Å². The van der Waals surface area contributed by atoms with Gasteiger partial charge in [0, 0.05) is 19.1 Å². The molecule has 0 aromatic rings. The van der Waals surface area contributed by atoms with Crippen LogP contribution in [0.2, 0.25) is 0 Å². The molecular weight excluding hydrogens is 144 g/mol. The molecule has 2 atom stereocenters. The van der Waals surface area contributed by atoms with Crippen molar-refractivity contribution in [1.82, 2.24) is 4.90 Å². The average Bonchev–Trinajstić information content (AvgIpc) is 2.55. The van der Waals surface area contributed by atoms with Gasteiger partial charge in [-0.05, 0) is 11.8 Å². The molecule has 1 aliphatic carbocycles. The predicted octanol–water partition coefficient (Wildman–Crippen LogP) is -0.358. The van der Waals surface area contributed by atoms with E-state index in [0.717, 1.165) is 13.1 Å². The number of carbonyl (C=O) groups is 1. The largest absolute Gasteiger partial charge is 0.453 e. The number of amides is 1. The Morgan fingerprint density at radius 2 is 2.09 bits per heavy atom. The molecule has 4 nitrogen and oxygen atoms in total. The van der Waals surface area contributed by atoms with Gasteiger partial charge in [-0.2, -0.15) is 0 Å². The van der Waals surface area contributed by atoms with Crippen molar-refractivity contribution >= 4 is 6.09 Å². The molecule has 2 unspecified atom stereocenters. The zero-order valence-electron chi connectivity index (χ0n) is 6.49. The van der Waals surface area contributed by atoms with E-state index in [1.807, 2.05) is 0 Å². The van der Waals surface area contributed by atoms with E-state index in [1.54, 1.807) is 4.90 Å². The zero-order chi connectivity index (χ0) is 8.01. The first-order chi connectivity index (χ1) is 5.24. The fraction of sp³-hybridized carbons (Fsp3) is 0.857. The Morgan fingerprint density at radius 3 is 2.55 bits per heavy atom. The minimum Gasteiger partial charge on any atom is -0.453 e. The number of nitrogens with zero attached hydrogens (tertiary/aromatic N) is 1. The highest BCUT2D eigenvalue weighted by Crippen LogP contribution is 2.43. The Bertz CT molecular complexity index is 183. The minimum atomic E-state index is -0.218. The van der Waals surface area contributed by atoms with E-state index in [-0.39, 0.29) is 6.09 Å². The summed E-state index contributed by atoms with van der Waals surface area (Å²) in [6, 6.07) is 0.343. The quantitative estimate of drug-likeness (QED) is 0.521. The van der Waals surface area contributed by atoms with Crippen LogP contribution in [0.5, 0.6) is 0 Å². The fourth-order valence-electron chi connectivity index (χ4n) is 1.85. The van der Waals surface area contributed by atoms with E-state index in [0.29, 0.717) is 17.9 Å². The summed E-state index contributed by atoms with van der Waals surface area (Å²) in [6.45, 7) is 1.58. The molecule has 0 radical (unpaired) electrons. The molecule has 0 aromatic carbocycles. The van der Waals surface area contributed by atoms with Gasteiger partial charge >= 0.3 is 6.09 Å². The van der Waals surface area contributed by atoms with Crippen molar-refractivity contribution in [1.29, 1.82) is 0 Å². The van der Waals surface area contributed by atoms with E-state index in [1.165, 1.54) is 7.11 Å². The Morgan fingerprint density at radius 1 is 1.55 bits per heavy atom. The molecule has 2 rings (SSSR count). The SMILES string of the molecule is COC(=O)N1CC2C(N)C2C1. The number of hydrogen-bond donors (Lipinski definition) is 1. The zero-order valence-corrected chi connectivity index (χ0v) is 6.49. The Kier molecular flexibility index (Phi) is 1.32. The van der Waals surface area contributed by atoms with Gasteiger partial charge in [0.25, 0.3) is 0 Å². The van der Waals surface area contributed by atoms with Gasteiger partial charge in [-0.15, -0.1) is 0 Å². The molecule has 1 heterocycles. The summed E-state index contributed by atoms with van der Waals surface area (Å²) in [4.78, 5) is 12.7. The van der Waals surface area contributed by atoms with Gasteiger partial charge in [0.1, 0.15) is 0 Å². The molecule has 1 saturated heterocycles. The van der Waals surface area contributed by atoms with Crippen LogP contribution < -0.4 is 5.73 Å². The third-order valence-corrected chi connectivity index (χ3v) is 2.69. The fourth-order valence-corrected chi connectivity index (χ4v) is 1.85. The molecule has 1 amide bonds. The lowest BCUT2D eigenvalue weighted by atomic mass is 10.4. The molecule has 1 saturated carbocycles. The molecule has 2 fully saturated rings. The second kappa shape index (κ2) is 2.11. The summed E-state index contributed by atoms with van der Waals surface area (Å²) < 4.78 is 4.58. The first kappa shape index (κ1) is 6.91. The molecule has 4 heteroatoms. The molecule has 62 valence electrons. The Balaban J connectivity index is 1.90. The van der Waals surface area contributed by atoms with Crippen molar-refractivity contribution in [2.24, 2.45) is 17.6 Å². The summed E-state index contributed by atoms with van der Waals surface area (Å²) >= 11 is 0. The van der Waals surface area contributed by atoms with E-state index in [9.17, 15) is 4.79 Å². The molecule has 0 spiro atoms. The highest BCUT2D eigenvalue weighted by Gasteiger charge is 2.54. The van der Waals surface area contributed by atoms with Crippen LogP contribution in [0.25, 0.3) is 0 Å². The van der Waals surface area contributed by atoms with Crippen LogP contribution in [-0.2, 0) is 4.74 Å². The number of ether oxygens (including phenoxy) is 1. The predicted molar refractivity (Wildman–Crippen MR) is 38.9 cm³/mol. The van der Waals surface area contributed by atoms with Crippen LogP contribution in [0.1, 0.15) is 0 Å².